The molecule has 3 heteroatoms. The lowest BCUT2D eigenvalue weighted by atomic mass is 10.0. The third kappa shape index (κ3) is 3.82. The van der Waals surface area contributed by atoms with Crippen LogP contribution in [-0.2, 0) is 13.0 Å². The Bertz CT molecular complexity index is 504. The van der Waals surface area contributed by atoms with Crippen LogP contribution in [-0.4, -0.2) is 0 Å². The van der Waals surface area contributed by atoms with Crippen molar-refractivity contribution in [3.63, 3.8) is 0 Å². The van der Waals surface area contributed by atoms with Crippen molar-refractivity contribution in [3.05, 3.63) is 56.7 Å². The summed E-state index contributed by atoms with van der Waals surface area (Å²) in [5.74, 6) is 0. The van der Waals surface area contributed by atoms with Gasteiger partial charge in [-0.15, -0.1) is 11.3 Å². The van der Waals surface area contributed by atoms with Crippen molar-refractivity contribution >= 4 is 22.9 Å². The van der Waals surface area contributed by atoms with Crippen LogP contribution in [0.5, 0.6) is 0 Å². The predicted molar refractivity (Wildman–Crippen MR) is 85.0 cm³/mol. The number of hydrogen-bond acceptors (Lipinski definition) is 2. The van der Waals surface area contributed by atoms with Crippen LogP contribution >= 0.6 is 22.9 Å². The molecule has 102 valence electrons. The first-order valence-electron chi connectivity index (χ1n) is 6.78. The fourth-order valence-corrected chi connectivity index (χ4v) is 3.30. The normalized spacial score (nSPS) is 12.6. The first-order chi connectivity index (χ1) is 9.24. The molecule has 1 unspecified atom stereocenters. The molecule has 0 spiro atoms. The Morgan fingerprint density at radius 3 is 2.53 bits per heavy atom. The zero-order valence-corrected chi connectivity index (χ0v) is 13.0. The topological polar surface area (TPSA) is 12.0 Å². The second-order valence-electron chi connectivity index (χ2n) is 4.62. The van der Waals surface area contributed by atoms with Crippen molar-refractivity contribution < 1.29 is 0 Å². The molecular weight excluding hydrogens is 274 g/mol. The van der Waals surface area contributed by atoms with Gasteiger partial charge < -0.3 is 5.32 Å². The Kier molecular flexibility index (Phi) is 5.44. The lowest BCUT2D eigenvalue weighted by Crippen LogP contribution is -2.20. The maximum Gasteiger partial charge on any atom is 0.0406 e. The number of hydrogen-bond donors (Lipinski definition) is 1. The van der Waals surface area contributed by atoms with E-state index in [0.717, 1.165) is 24.4 Å². The molecule has 1 N–H and O–H groups in total. The summed E-state index contributed by atoms with van der Waals surface area (Å²) >= 11 is 7.78. The zero-order chi connectivity index (χ0) is 13.7. The smallest absolute Gasteiger partial charge is 0.0406 e. The van der Waals surface area contributed by atoms with Crippen molar-refractivity contribution in [1.82, 2.24) is 5.32 Å². The Labute approximate surface area is 124 Å². The van der Waals surface area contributed by atoms with Crippen molar-refractivity contribution in [2.24, 2.45) is 0 Å². The molecule has 1 atom stereocenters. The summed E-state index contributed by atoms with van der Waals surface area (Å²) in [6.07, 6.45) is 2.19. The van der Waals surface area contributed by atoms with Crippen LogP contribution < -0.4 is 5.32 Å². The van der Waals surface area contributed by atoms with E-state index in [9.17, 15) is 0 Å². The van der Waals surface area contributed by atoms with E-state index in [4.69, 9.17) is 11.6 Å². The SMILES string of the molecule is CCc1ccsc1CNC(CC)c1ccc(Cl)cc1. The van der Waals surface area contributed by atoms with E-state index < -0.39 is 0 Å². The van der Waals surface area contributed by atoms with Crippen LogP contribution in [0.4, 0.5) is 0 Å². The Morgan fingerprint density at radius 1 is 1.16 bits per heavy atom. The molecule has 0 aliphatic carbocycles. The largest absolute Gasteiger partial charge is 0.305 e. The molecule has 1 aromatic heterocycles. The van der Waals surface area contributed by atoms with Crippen LogP contribution in [0.2, 0.25) is 5.02 Å². The van der Waals surface area contributed by atoms with E-state index in [-0.39, 0.29) is 0 Å². The molecule has 0 saturated carbocycles. The number of thiophene rings is 1. The maximum atomic E-state index is 5.94. The minimum absolute atomic E-state index is 0.393. The summed E-state index contributed by atoms with van der Waals surface area (Å²) < 4.78 is 0. The molecule has 1 aromatic carbocycles. The van der Waals surface area contributed by atoms with Crippen LogP contribution in [0.1, 0.15) is 42.3 Å². The Morgan fingerprint density at radius 2 is 1.89 bits per heavy atom. The predicted octanol–water partition coefficient (Wildman–Crippen LogP) is 5.20. The van der Waals surface area contributed by atoms with E-state index in [1.54, 1.807) is 0 Å². The van der Waals surface area contributed by atoms with Gasteiger partial charge in [0.1, 0.15) is 0 Å². The van der Waals surface area contributed by atoms with Gasteiger partial charge in [0.05, 0.1) is 0 Å². The highest BCUT2D eigenvalue weighted by atomic mass is 35.5. The molecule has 0 bridgehead atoms. The summed E-state index contributed by atoms with van der Waals surface area (Å²) in [6, 6.07) is 10.8. The quantitative estimate of drug-likeness (QED) is 0.771. The molecular formula is C16H20ClNS. The maximum absolute atomic E-state index is 5.94. The standard InChI is InChI=1S/C16H20ClNS/c1-3-12-9-10-19-16(12)11-18-15(4-2)13-5-7-14(17)8-6-13/h5-10,15,18H,3-4,11H2,1-2H3. The highest BCUT2D eigenvalue weighted by molar-refractivity contribution is 7.10. The molecule has 0 saturated heterocycles. The third-order valence-electron chi connectivity index (χ3n) is 3.41. The fourth-order valence-electron chi connectivity index (χ4n) is 2.25. The summed E-state index contributed by atoms with van der Waals surface area (Å²) in [5.41, 5.74) is 2.77. The second kappa shape index (κ2) is 7.09. The summed E-state index contributed by atoms with van der Waals surface area (Å²) in [4.78, 5) is 1.45. The highest BCUT2D eigenvalue weighted by Gasteiger charge is 2.10. The minimum atomic E-state index is 0.393. The van der Waals surface area contributed by atoms with Crippen LogP contribution in [0.3, 0.4) is 0 Å². The zero-order valence-electron chi connectivity index (χ0n) is 11.4. The molecule has 0 fully saturated rings. The lowest BCUT2D eigenvalue weighted by Gasteiger charge is -2.17. The molecule has 0 aliphatic rings. The van der Waals surface area contributed by atoms with Gasteiger partial charge in [-0.05, 0) is 47.5 Å². The van der Waals surface area contributed by atoms with Crippen molar-refractivity contribution in [3.8, 4) is 0 Å². The van der Waals surface area contributed by atoms with Crippen LogP contribution in [0.25, 0.3) is 0 Å². The van der Waals surface area contributed by atoms with Crippen molar-refractivity contribution in [1.29, 1.82) is 0 Å². The first-order valence-corrected chi connectivity index (χ1v) is 8.04. The van der Waals surface area contributed by atoms with Gasteiger partial charge in [-0.3, -0.25) is 0 Å². The molecule has 1 heterocycles. The van der Waals surface area contributed by atoms with E-state index in [1.807, 2.05) is 23.5 Å². The van der Waals surface area contributed by atoms with E-state index in [0.29, 0.717) is 6.04 Å². The molecule has 19 heavy (non-hydrogen) atoms. The van der Waals surface area contributed by atoms with Gasteiger partial charge in [0.15, 0.2) is 0 Å². The molecule has 2 aromatic rings. The Balaban J connectivity index is 2.01. The summed E-state index contributed by atoms with van der Waals surface area (Å²) in [6.45, 7) is 5.37. The van der Waals surface area contributed by atoms with E-state index in [1.165, 1.54) is 16.0 Å². The van der Waals surface area contributed by atoms with Gasteiger partial charge in [0.25, 0.3) is 0 Å². The van der Waals surface area contributed by atoms with Gasteiger partial charge in [-0.2, -0.15) is 0 Å². The van der Waals surface area contributed by atoms with Gasteiger partial charge >= 0.3 is 0 Å². The lowest BCUT2D eigenvalue weighted by molar-refractivity contribution is 0.521. The molecule has 1 nitrogen and oxygen atoms in total. The van der Waals surface area contributed by atoms with Gasteiger partial charge in [0.2, 0.25) is 0 Å². The van der Waals surface area contributed by atoms with Crippen molar-refractivity contribution in [2.45, 2.75) is 39.3 Å². The van der Waals surface area contributed by atoms with Crippen LogP contribution in [0, 0.1) is 0 Å². The third-order valence-corrected chi connectivity index (χ3v) is 4.62. The van der Waals surface area contributed by atoms with Crippen LogP contribution in [0.15, 0.2) is 35.7 Å². The average Bonchev–Trinajstić information content (AvgIpc) is 2.89. The highest BCUT2D eigenvalue weighted by Crippen LogP contribution is 2.22. The molecule has 0 aliphatic heterocycles. The summed E-state index contributed by atoms with van der Waals surface area (Å²) in [7, 11) is 0. The molecule has 0 amide bonds. The first kappa shape index (κ1) is 14.6. The number of aryl methyl sites for hydroxylation is 1. The summed E-state index contributed by atoms with van der Waals surface area (Å²) in [5, 5.41) is 6.63. The number of nitrogens with one attached hydrogen (secondary N) is 1. The molecule has 2 rings (SSSR count). The van der Waals surface area contributed by atoms with Gasteiger partial charge in [-0.1, -0.05) is 37.6 Å². The van der Waals surface area contributed by atoms with E-state index in [2.05, 4.69) is 42.7 Å². The fraction of sp³-hybridized carbons (Fsp3) is 0.375. The molecule has 0 radical (unpaired) electrons. The van der Waals surface area contributed by atoms with Gasteiger partial charge in [-0.25, -0.2) is 0 Å². The Hall–Kier alpha value is -0.830. The van der Waals surface area contributed by atoms with Gasteiger partial charge in [0, 0.05) is 22.5 Å². The van der Waals surface area contributed by atoms with Crippen molar-refractivity contribution in [2.75, 3.05) is 0 Å². The minimum Gasteiger partial charge on any atom is -0.305 e. The average molecular weight is 294 g/mol. The number of benzene rings is 1. The monoisotopic (exact) mass is 293 g/mol. The van der Waals surface area contributed by atoms with E-state index >= 15 is 0 Å². The number of halogens is 1. The second-order valence-corrected chi connectivity index (χ2v) is 6.05. The number of rotatable bonds is 6.